The number of halogens is 2. The molecule has 0 bridgehead atoms. The van der Waals surface area contributed by atoms with E-state index in [1.54, 1.807) is 0 Å². The first-order valence-corrected chi connectivity index (χ1v) is 5.15. The predicted molar refractivity (Wildman–Crippen MR) is 49.3 cm³/mol. The summed E-state index contributed by atoms with van der Waals surface area (Å²) in [6, 6.07) is 0.764. The number of alkyl halides is 2. The number of thiophene rings is 1. The summed E-state index contributed by atoms with van der Waals surface area (Å²) in [5.74, 6) is 0. The van der Waals surface area contributed by atoms with Crippen molar-refractivity contribution in [3.63, 3.8) is 0 Å². The van der Waals surface area contributed by atoms with E-state index in [2.05, 4.69) is 0 Å². The highest BCUT2D eigenvalue weighted by Gasteiger charge is 2.23. The molecule has 1 unspecified atom stereocenters. The second-order valence-electron chi connectivity index (χ2n) is 3.31. The Morgan fingerprint density at radius 2 is 2.15 bits per heavy atom. The number of rotatable bonds is 2. The lowest BCUT2D eigenvalue weighted by Crippen LogP contribution is -2.17. The molecule has 1 aromatic heterocycles. The van der Waals surface area contributed by atoms with Crippen molar-refractivity contribution in [1.82, 2.24) is 0 Å². The van der Waals surface area contributed by atoms with E-state index in [1.807, 2.05) is 6.07 Å². The predicted octanol–water partition coefficient (Wildman–Crippen LogP) is 2.50. The van der Waals surface area contributed by atoms with Gasteiger partial charge >= 0.3 is 0 Å². The minimum Gasteiger partial charge on any atom is -0.319 e. The number of hydrogen-bond donors (Lipinski definition) is 1. The molecule has 1 atom stereocenters. The molecule has 0 amide bonds. The quantitative estimate of drug-likeness (QED) is 0.785. The number of nitrogens with two attached hydrogens (primary N) is 1. The fraction of sp³-hybridized carbons (Fsp3) is 0.556. The molecule has 1 nitrogen and oxygen atoms in total. The summed E-state index contributed by atoms with van der Waals surface area (Å²) in [6.07, 6.45) is 0.780. The van der Waals surface area contributed by atoms with Crippen LogP contribution in [0.3, 0.4) is 0 Å². The van der Waals surface area contributed by atoms with Crippen molar-refractivity contribution in [2.45, 2.75) is 31.7 Å². The molecule has 2 rings (SSSR count). The first-order valence-electron chi connectivity index (χ1n) is 4.33. The number of hydrogen-bond acceptors (Lipinski definition) is 2. The topological polar surface area (TPSA) is 26.0 Å². The SMILES string of the molecule is NC(c1cc2c(s1)CCC2)C(F)F. The van der Waals surface area contributed by atoms with Crippen LogP contribution in [0.2, 0.25) is 0 Å². The van der Waals surface area contributed by atoms with E-state index < -0.39 is 12.5 Å². The van der Waals surface area contributed by atoms with E-state index in [9.17, 15) is 8.78 Å². The zero-order valence-electron chi connectivity index (χ0n) is 7.09. The van der Waals surface area contributed by atoms with Crippen LogP contribution in [-0.2, 0) is 12.8 Å². The van der Waals surface area contributed by atoms with Crippen LogP contribution in [0.5, 0.6) is 0 Å². The average molecular weight is 203 g/mol. The van der Waals surface area contributed by atoms with Crippen LogP contribution < -0.4 is 5.73 Å². The average Bonchev–Trinajstić information content (AvgIpc) is 2.59. The van der Waals surface area contributed by atoms with Gasteiger partial charge in [0, 0.05) is 9.75 Å². The van der Waals surface area contributed by atoms with E-state index >= 15 is 0 Å². The molecule has 0 saturated carbocycles. The standard InChI is InChI=1S/C9H11F2NS/c10-9(11)8(12)7-4-5-2-1-3-6(5)13-7/h4,8-9H,1-3,12H2. The lowest BCUT2D eigenvalue weighted by molar-refractivity contribution is 0.118. The monoisotopic (exact) mass is 203 g/mol. The molecule has 13 heavy (non-hydrogen) atoms. The van der Waals surface area contributed by atoms with Crippen LogP contribution in [0.1, 0.15) is 27.8 Å². The molecule has 0 saturated heterocycles. The van der Waals surface area contributed by atoms with Crippen LogP contribution in [0, 0.1) is 0 Å². The Kier molecular flexibility index (Phi) is 2.34. The van der Waals surface area contributed by atoms with Crippen LogP contribution >= 0.6 is 11.3 Å². The molecule has 72 valence electrons. The maximum absolute atomic E-state index is 12.3. The van der Waals surface area contributed by atoms with Gasteiger partial charge in [0.1, 0.15) is 6.04 Å². The molecule has 0 aromatic carbocycles. The van der Waals surface area contributed by atoms with Gasteiger partial charge in [-0.15, -0.1) is 11.3 Å². The van der Waals surface area contributed by atoms with Crippen molar-refractivity contribution in [2.75, 3.05) is 0 Å². The molecule has 1 heterocycles. The third kappa shape index (κ3) is 1.60. The maximum Gasteiger partial charge on any atom is 0.258 e. The van der Waals surface area contributed by atoms with Crippen molar-refractivity contribution < 1.29 is 8.78 Å². The third-order valence-corrected chi connectivity index (χ3v) is 3.70. The Morgan fingerprint density at radius 1 is 1.38 bits per heavy atom. The molecular formula is C9H11F2NS. The van der Waals surface area contributed by atoms with E-state index in [0.29, 0.717) is 4.88 Å². The normalized spacial score (nSPS) is 17.8. The van der Waals surface area contributed by atoms with Gasteiger partial charge in [-0.2, -0.15) is 0 Å². The minimum absolute atomic E-state index is 0.639. The van der Waals surface area contributed by atoms with Gasteiger partial charge in [0.2, 0.25) is 0 Å². The van der Waals surface area contributed by atoms with Crippen LogP contribution in [0.4, 0.5) is 8.78 Å². The van der Waals surface area contributed by atoms with Gasteiger partial charge in [-0.05, 0) is 30.9 Å². The largest absolute Gasteiger partial charge is 0.319 e. The Bertz CT molecular complexity index is 287. The van der Waals surface area contributed by atoms with E-state index in [1.165, 1.54) is 21.8 Å². The highest BCUT2D eigenvalue weighted by atomic mass is 32.1. The molecule has 0 spiro atoms. The van der Waals surface area contributed by atoms with E-state index in [-0.39, 0.29) is 0 Å². The summed E-state index contributed by atoms with van der Waals surface area (Å²) in [4.78, 5) is 1.89. The van der Waals surface area contributed by atoms with Crippen LogP contribution in [-0.4, -0.2) is 6.43 Å². The second kappa shape index (κ2) is 3.35. The van der Waals surface area contributed by atoms with Gasteiger partial charge in [-0.3, -0.25) is 0 Å². The molecular weight excluding hydrogens is 192 g/mol. The van der Waals surface area contributed by atoms with Crippen LogP contribution in [0.25, 0.3) is 0 Å². The molecule has 1 aromatic rings. The molecule has 1 aliphatic rings. The lowest BCUT2D eigenvalue weighted by Gasteiger charge is -2.06. The lowest BCUT2D eigenvalue weighted by atomic mass is 10.2. The van der Waals surface area contributed by atoms with Gasteiger partial charge in [-0.25, -0.2) is 8.78 Å². The first-order chi connectivity index (χ1) is 6.18. The van der Waals surface area contributed by atoms with Crippen molar-refractivity contribution in [2.24, 2.45) is 5.73 Å². The maximum atomic E-state index is 12.3. The summed E-state index contributed by atoms with van der Waals surface area (Å²) in [5.41, 5.74) is 6.59. The Morgan fingerprint density at radius 3 is 2.77 bits per heavy atom. The summed E-state index contributed by atoms with van der Waals surface area (Å²) < 4.78 is 24.5. The summed E-state index contributed by atoms with van der Waals surface area (Å²) >= 11 is 1.45. The van der Waals surface area contributed by atoms with Crippen molar-refractivity contribution in [1.29, 1.82) is 0 Å². The van der Waals surface area contributed by atoms with E-state index in [0.717, 1.165) is 19.3 Å². The highest BCUT2D eigenvalue weighted by Crippen LogP contribution is 2.34. The second-order valence-corrected chi connectivity index (χ2v) is 4.48. The fourth-order valence-corrected chi connectivity index (χ4v) is 2.90. The van der Waals surface area contributed by atoms with Crippen LogP contribution in [0.15, 0.2) is 6.07 Å². The Labute approximate surface area is 79.6 Å². The van der Waals surface area contributed by atoms with Gasteiger partial charge in [0.05, 0.1) is 0 Å². The third-order valence-electron chi connectivity index (χ3n) is 2.37. The number of fused-ring (bicyclic) bond motifs is 1. The van der Waals surface area contributed by atoms with Crippen molar-refractivity contribution in [3.05, 3.63) is 21.4 Å². The van der Waals surface area contributed by atoms with Gasteiger partial charge in [-0.1, -0.05) is 0 Å². The summed E-state index contributed by atoms with van der Waals surface area (Å²) in [7, 11) is 0. The zero-order chi connectivity index (χ0) is 9.42. The molecule has 2 N–H and O–H groups in total. The zero-order valence-corrected chi connectivity index (χ0v) is 7.91. The molecule has 0 fully saturated rings. The van der Waals surface area contributed by atoms with Gasteiger partial charge in [0.25, 0.3) is 6.43 Å². The smallest absolute Gasteiger partial charge is 0.258 e. The Hall–Kier alpha value is -0.480. The molecule has 0 aliphatic heterocycles. The number of aryl methyl sites for hydroxylation is 2. The summed E-state index contributed by atoms with van der Waals surface area (Å²) in [5, 5.41) is 0. The van der Waals surface area contributed by atoms with Crippen molar-refractivity contribution >= 4 is 11.3 Å². The first kappa shape index (κ1) is 9.09. The summed E-state index contributed by atoms with van der Waals surface area (Å²) in [6.45, 7) is 0. The minimum atomic E-state index is -2.45. The molecule has 0 radical (unpaired) electrons. The fourth-order valence-electron chi connectivity index (χ4n) is 1.64. The van der Waals surface area contributed by atoms with Gasteiger partial charge in [0.15, 0.2) is 0 Å². The molecule has 4 heteroatoms. The highest BCUT2D eigenvalue weighted by molar-refractivity contribution is 7.12. The van der Waals surface area contributed by atoms with Crippen molar-refractivity contribution in [3.8, 4) is 0 Å². The Balaban J connectivity index is 2.23. The van der Waals surface area contributed by atoms with Gasteiger partial charge < -0.3 is 5.73 Å². The molecule has 1 aliphatic carbocycles. The van der Waals surface area contributed by atoms with E-state index in [4.69, 9.17) is 5.73 Å².